The highest BCUT2D eigenvalue weighted by Gasteiger charge is 2.07. The Morgan fingerprint density at radius 2 is 2.37 bits per heavy atom. The predicted molar refractivity (Wildman–Crippen MR) is 79.3 cm³/mol. The van der Waals surface area contributed by atoms with Crippen molar-refractivity contribution in [3.63, 3.8) is 0 Å². The van der Waals surface area contributed by atoms with E-state index in [9.17, 15) is 0 Å². The number of nitrogens with one attached hydrogen (secondary N) is 2. The van der Waals surface area contributed by atoms with E-state index < -0.39 is 0 Å². The van der Waals surface area contributed by atoms with Crippen LogP contribution in [-0.2, 0) is 11.3 Å². The van der Waals surface area contributed by atoms with E-state index in [1.807, 2.05) is 6.20 Å². The Kier molecular flexibility index (Phi) is 5.57. The molecule has 2 heterocycles. The monoisotopic (exact) mass is 279 g/mol. The molecule has 0 radical (unpaired) electrons. The van der Waals surface area contributed by atoms with Gasteiger partial charge in [-0.15, -0.1) is 11.3 Å². The molecule has 2 aromatic heterocycles. The Morgan fingerprint density at radius 3 is 3.11 bits per heavy atom. The van der Waals surface area contributed by atoms with Gasteiger partial charge in [-0.1, -0.05) is 6.07 Å². The molecule has 2 aromatic rings. The molecule has 0 bridgehead atoms. The fourth-order valence-electron chi connectivity index (χ4n) is 1.82. The van der Waals surface area contributed by atoms with Crippen molar-refractivity contribution in [2.24, 2.45) is 0 Å². The summed E-state index contributed by atoms with van der Waals surface area (Å²) in [5, 5.41) is 12.7. The summed E-state index contributed by atoms with van der Waals surface area (Å²) >= 11 is 1.73. The maximum absolute atomic E-state index is 5.50. The van der Waals surface area contributed by atoms with Gasteiger partial charge in [0.2, 0.25) is 0 Å². The van der Waals surface area contributed by atoms with Gasteiger partial charge in [-0.3, -0.25) is 5.10 Å². The third kappa shape index (κ3) is 4.45. The molecular weight excluding hydrogens is 258 g/mol. The Balaban J connectivity index is 1.74. The maximum Gasteiger partial charge on any atom is 0.0794 e. The third-order valence-corrected chi connectivity index (χ3v) is 3.64. The molecule has 0 unspecified atom stereocenters. The summed E-state index contributed by atoms with van der Waals surface area (Å²) in [6.45, 7) is 6.74. The molecule has 0 saturated carbocycles. The number of rotatable bonds is 8. The summed E-state index contributed by atoms with van der Waals surface area (Å²) in [5.41, 5.74) is 2.34. The first-order valence-electron chi connectivity index (χ1n) is 6.66. The van der Waals surface area contributed by atoms with Crippen LogP contribution in [0, 0.1) is 0 Å². The lowest BCUT2D eigenvalue weighted by Gasteiger charge is -2.08. The van der Waals surface area contributed by atoms with E-state index in [0.717, 1.165) is 31.8 Å². The summed E-state index contributed by atoms with van der Waals surface area (Å²) in [6, 6.07) is 4.17. The smallest absolute Gasteiger partial charge is 0.0794 e. The van der Waals surface area contributed by atoms with Crippen LogP contribution < -0.4 is 5.32 Å². The summed E-state index contributed by atoms with van der Waals surface area (Å²) < 4.78 is 5.50. The molecule has 0 aliphatic heterocycles. The van der Waals surface area contributed by atoms with E-state index >= 15 is 0 Å². The first-order valence-corrected chi connectivity index (χ1v) is 7.54. The largest absolute Gasteiger partial charge is 0.379 e. The van der Waals surface area contributed by atoms with Gasteiger partial charge in [0.05, 0.1) is 22.9 Å². The van der Waals surface area contributed by atoms with Crippen LogP contribution in [0.4, 0.5) is 0 Å². The zero-order valence-corrected chi connectivity index (χ0v) is 12.3. The molecule has 2 rings (SSSR count). The highest BCUT2D eigenvalue weighted by molar-refractivity contribution is 7.13. The van der Waals surface area contributed by atoms with Crippen LogP contribution >= 0.6 is 11.3 Å². The molecule has 4 nitrogen and oxygen atoms in total. The summed E-state index contributed by atoms with van der Waals surface area (Å²) in [5.74, 6) is 0. The van der Waals surface area contributed by atoms with Crippen LogP contribution in [0.15, 0.2) is 23.7 Å². The number of aromatic amines is 1. The molecule has 0 fully saturated rings. The summed E-state index contributed by atoms with van der Waals surface area (Å²) in [7, 11) is 0. The molecule has 0 saturated heterocycles. The van der Waals surface area contributed by atoms with Crippen molar-refractivity contribution >= 4 is 11.3 Å². The van der Waals surface area contributed by atoms with Gasteiger partial charge < -0.3 is 10.1 Å². The van der Waals surface area contributed by atoms with Gasteiger partial charge in [0.1, 0.15) is 0 Å². The van der Waals surface area contributed by atoms with Crippen LogP contribution in [0.1, 0.15) is 25.8 Å². The fourth-order valence-corrected chi connectivity index (χ4v) is 2.57. The number of thiophene rings is 1. The van der Waals surface area contributed by atoms with Crippen molar-refractivity contribution in [2.75, 3.05) is 13.2 Å². The Bertz CT molecular complexity index is 465. The maximum atomic E-state index is 5.50. The second kappa shape index (κ2) is 7.43. The van der Waals surface area contributed by atoms with Crippen molar-refractivity contribution in [3.8, 4) is 10.6 Å². The minimum Gasteiger partial charge on any atom is -0.379 e. The number of hydrogen-bond acceptors (Lipinski definition) is 4. The number of ether oxygens (including phenoxy) is 1. The van der Waals surface area contributed by atoms with Gasteiger partial charge in [-0.05, 0) is 38.3 Å². The molecule has 0 aliphatic rings. The molecule has 0 atom stereocenters. The van der Waals surface area contributed by atoms with Gasteiger partial charge in [-0.25, -0.2) is 0 Å². The Morgan fingerprint density at radius 1 is 1.47 bits per heavy atom. The van der Waals surface area contributed by atoms with E-state index in [1.54, 1.807) is 11.3 Å². The van der Waals surface area contributed by atoms with Crippen molar-refractivity contribution in [1.29, 1.82) is 0 Å². The van der Waals surface area contributed by atoms with Crippen LogP contribution in [0.5, 0.6) is 0 Å². The minimum absolute atomic E-state index is 0.319. The Hall–Kier alpha value is -1.17. The van der Waals surface area contributed by atoms with E-state index in [1.165, 1.54) is 10.4 Å². The van der Waals surface area contributed by atoms with E-state index in [-0.39, 0.29) is 0 Å². The molecule has 5 heteroatoms. The van der Waals surface area contributed by atoms with Crippen molar-refractivity contribution < 1.29 is 4.74 Å². The van der Waals surface area contributed by atoms with Crippen LogP contribution in [0.2, 0.25) is 0 Å². The zero-order chi connectivity index (χ0) is 13.5. The quantitative estimate of drug-likeness (QED) is 0.730. The predicted octanol–water partition coefficient (Wildman–Crippen LogP) is 3.04. The molecule has 0 aromatic carbocycles. The molecule has 0 aliphatic carbocycles. The lowest BCUT2D eigenvalue weighted by molar-refractivity contribution is 0.0770. The highest BCUT2D eigenvalue weighted by atomic mass is 32.1. The van der Waals surface area contributed by atoms with Gasteiger partial charge in [0.25, 0.3) is 0 Å². The van der Waals surface area contributed by atoms with E-state index in [0.29, 0.717) is 6.10 Å². The van der Waals surface area contributed by atoms with Crippen molar-refractivity contribution in [3.05, 3.63) is 29.3 Å². The standard InChI is InChI=1S/C14H21N3OS/c1-11(2)18-7-4-6-15-9-12-10-16-17-14(12)13-5-3-8-19-13/h3,5,8,10-11,15H,4,6-7,9H2,1-2H3,(H,16,17). The van der Waals surface area contributed by atoms with E-state index in [2.05, 4.69) is 46.9 Å². The normalized spacial score (nSPS) is 11.3. The average molecular weight is 279 g/mol. The fraction of sp³-hybridized carbons (Fsp3) is 0.500. The molecule has 104 valence electrons. The number of nitrogens with zero attached hydrogens (tertiary/aromatic N) is 1. The SMILES string of the molecule is CC(C)OCCCNCc1cn[nH]c1-c1cccs1. The molecule has 2 N–H and O–H groups in total. The molecule has 19 heavy (non-hydrogen) atoms. The number of H-pyrrole nitrogens is 1. The van der Waals surface area contributed by atoms with Gasteiger partial charge >= 0.3 is 0 Å². The lowest BCUT2D eigenvalue weighted by atomic mass is 10.2. The van der Waals surface area contributed by atoms with Crippen LogP contribution in [0.25, 0.3) is 10.6 Å². The summed E-state index contributed by atoms with van der Waals surface area (Å²) in [4.78, 5) is 1.23. The van der Waals surface area contributed by atoms with E-state index in [4.69, 9.17) is 4.74 Å². The van der Waals surface area contributed by atoms with Crippen LogP contribution in [0.3, 0.4) is 0 Å². The zero-order valence-electron chi connectivity index (χ0n) is 11.5. The molecule has 0 spiro atoms. The lowest BCUT2D eigenvalue weighted by Crippen LogP contribution is -2.17. The second-order valence-electron chi connectivity index (χ2n) is 4.70. The third-order valence-electron chi connectivity index (χ3n) is 2.75. The topological polar surface area (TPSA) is 49.9 Å². The van der Waals surface area contributed by atoms with Gasteiger partial charge in [0.15, 0.2) is 0 Å². The minimum atomic E-state index is 0.319. The Labute approximate surface area is 118 Å². The molecular formula is C14H21N3OS. The second-order valence-corrected chi connectivity index (χ2v) is 5.65. The van der Waals surface area contributed by atoms with Gasteiger partial charge in [0, 0.05) is 18.7 Å². The van der Waals surface area contributed by atoms with Crippen molar-refractivity contribution in [1.82, 2.24) is 15.5 Å². The van der Waals surface area contributed by atoms with Crippen molar-refractivity contribution in [2.45, 2.75) is 32.9 Å². The first-order chi connectivity index (χ1) is 9.27. The summed E-state index contributed by atoms with van der Waals surface area (Å²) in [6.07, 6.45) is 3.25. The number of hydrogen-bond donors (Lipinski definition) is 2. The first kappa shape index (κ1) is 14.2. The molecule has 0 amide bonds. The highest BCUT2D eigenvalue weighted by Crippen LogP contribution is 2.25. The van der Waals surface area contributed by atoms with Gasteiger partial charge in [-0.2, -0.15) is 5.10 Å². The van der Waals surface area contributed by atoms with Crippen LogP contribution in [-0.4, -0.2) is 29.5 Å². The average Bonchev–Trinajstić information content (AvgIpc) is 3.03. The number of aromatic nitrogens is 2.